The molecule has 0 saturated heterocycles. The summed E-state index contributed by atoms with van der Waals surface area (Å²) in [4.78, 5) is 0. The Hall–Kier alpha value is 0.680. The molecular formula is C18H44O6P2S2. The van der Waals surface area contributed by atoms with Crippen LogP contribution in [-0.4, -0.2) is 78.6 Å². The first-order valence-electron chi connectivity index (χ1n) is 10.5. The van der Waals surface area contributed by atoms with E-state index in [9.17, 15) is 16.8 Å². The molecule has 174 valence electrons. The number of rotatable bonds is 15. The molecule has 0 amide bonds. The van der Waals surface area contributed by atoms with Gasteiger partial charge in [0.1, 0.15) is 0 Å². The summed E-state index contributed by atoms with van der Waals surface area (Å²) in [7, 11) is -7.36. The van der Waals surface area contributed by atoms with Crippen molar-refractivity contribution in [1.82, 2.24) is 0 Å². The molecule has 0 aliphatic heterocycles. The summed E-state index contributed by atoms with van der Waals surface area (Å²) in [5, 5.41) is 0. The molecule has 28 heavy (non-hydrogen) atoms. The van der Waals surface area contributed by atoms with Gasteiger partial charge in [0.05, 0.1) is 0 Å². The van der Waals surface area contributed by atoms with E-state index in [0.717, 1.165) is 0 Å². The van der Waals surface area contributed by atoms with Crippen molar-refractivity contribution in [2.45, 2.75) is 54.4 Å². The van der Waals surface area contributed by atoms with Gasteiger partial charge in [-0.25, -0.2) is 0 Å². The zero-order chi connectivity index (χ0) is 22.4. The quantitative estimate of drug-likeness (QED) is 0.247. The van der Waals surface area contributed by atoms with Crippen molar-refractivity contribution in [3.05, 3.63) is 0 Å². The minimum atomic E-state index is -3.68. The van der Waals surface area contributed by atoms with Gasteiger partial charge >= 0.3 is 175 Å². The topological polar surface area (TPSA) is 86.7 Å². The molecule has 0 aromatic rings. The van der Waals surface area contributed by atoms with Crippen LogP contribution in [0.4, 0.5) is 0 Å². The van der Waals surface area contributed by atoms with Crippen LogP contribution < -0.4 is 0 Å². The van der Waals surface area contributed by atoms with Crippen LogP contribution >= 0.6 is 13.7 Å². The van der Waals surface area contributed by atoms with Gasteiger partial charge < -0.3 is 0 Å². The average Bonchev–Trinajstić information content (AvgIpc) is 2.65. The molecule has 0 spiro atoms. The fraction of sp³-hybridized carbons (Fsp3) is 1.00. The van der Waals surface area contributed by atoms with Crippen LogP contribution in [0.1, 0.15) is 54.4 Å². The minimum absolute atomic E-state index is 0.153. The second-order valence-corrected chi connectivity index (χ2v) is 25.4. The fourth-order valence-electron chi connectivity index (χ4n) is 3.00. The molecule has 0 bridgehead atoms. The van der Waals surface area contributed by atoms with Crippen LogP contribution in [-0.2, 0) is 28.2 Å². The Bertz CT molecular complexity index is 626. The van der Waals surface area contributed by atoms with Crippen molar-refractivity contribution < 1.29 is 24.8 Å². The first-order valence-corrected chi connectivity index (χ1v) is 19.9. The second-order valence-electron chi connectivity index (χ2n) is 8.66. The summed E-state index contributed by atoms with van der Waals surface area (Å²) < 4.78 is 61.6. The third-order valence-electron chi connectivity index (χ3n) is 7.09. The Morgan fingerprint density at radius 1 is 0.536 bits per heavy atom. The van der Waals surface area contributed by atoms with Gasteiger partial charge in [0.2, 0.25) is 0 Å². The molecule has 0 heterocycles. The monoisotopic (exact) mass is 482 g/mol. The standard InChI is InChI=1S/C18H44O6P2S2/c1-9-25(7,10-2,11-3)23-27(19,20)17-15-16-18-28(21,22)24-26(8,12-4,13-5)14-6/h9-18H2,1-8H3. The van der Waals surface area contributed by atoms with Gasteiger partial charge in [0, 0.05) is 0 Å². The first kappa shape index (κ1) is 28.7. The van der Waals surface area contributed by atoms with Crippen molar-refractivity contribution in [2.24, 2.45) is 0 Å². The summed E-state index contributed by atoms with van der Waals surface area (Å²) in [6, 6.07) is 0. The summed E-state index contributed by atoms with van der Waals surface area (Å²) in [5.41, 5.74) is 0. The molecule has 0 saturated carbocycles. The molecule has 0 aliphatic carbocycles. The predicted molar refractivity (Wildman–Crippen MR) is 128 cm³/mol. The van der Waals surface area contributed by atoms with E-state index in [1.165, 1.54) is 0 Å². The summed E-state index contributed by atoms with van der Waals surface area (Å²) in [5.74, 6) is -0.307. The number of hydrogen-bond acceptors (Lipinski definition) is 6. The van der Waals surface area contributed by atoms with E-state index in [4.69, 9.17) is 7.94 Å². The van der Waals surface area contributed by atoms with Crippen LogP contribution in [0.25, 0.3) is 0 Å². The van der Waals surface area contributed by atoms with E-state index in [0.29, 0.717) is 37.0 Å². The van der Waals surface area contributed by atoms with Crippen LogP contribution in [0.3, 0.4) is 0 Å². The third-order valence-corrected chi connectivity index (χ3v) is 24.9. The molecule has 0 atom stereocenters. The maximum absolute atomic E-state index is 12.5. The maximum atomic E-state index is 12.5. The van der Waals surface area contributed by atoms with Crippen LogP contribution in [0, 0.1) is 0 Å². The van der Waals surface area contributed by atoms with Crippen LogP contribution in [0.5, 0.6) is 0 Å². The Balaban J connectivity index is 4.95. The number of unbranched alkanes of at least 4 members (excludes halogenated alkanes) is 1. The van der Waals surface area contributed by atoms with Gasteiger partial charge in [-0.15, -0.1) is 0 Å². The van der Waals surface area contributed by atoms with E-state index in [1.807, 2.05) is 54.9 Å². The van der Waals surface area contributed by atoms with Crippen molar-refractivity contribution in [3.63, 3.8) is 0 Å². The first-order chi connectivity index (χ1) is 12.6. The van der Waals surface area contributed by atoms with Crippen molar-refractivity contribution >= 4 is 33.9 Å². The van der Waals surface area contributed by atoms with Crippen molar-refractivity contribution in [3.8, 4) is 0 Å². The molecule has 0 unspecified atom stereocenters. The van der Waals surface area contributed by atoms with Gasteiger partial charge in [-0.2, -0.15) is 0 Å². The van der Waals surface area contributed by atoms with Crippen LogP contribution in [0.15, 0.2) is 0 Å². The van der Waals surface area contributed by atoms with Crippen molar-refractivity contribution in [2.75, 3.05) is 61.8 Å². The molecule has 0 radical (unpaired) electrons. The summed E-state index contributed by atoms with van der Waals surface area (Å²) >= 11 is 0. The van der Waals surface area contributed by atoms with Crippen LogP contribution in [0.2, 0.25) is 0 Å². The molecule has 0 aromatic heterocycles. The van der Waals surface area contributed by atoms with Gasteiger partial charge in [-0.05, 0) is 0 Å². The van der Waals surface area contributed by atoms with Gasteiger partial charge in [-0.1, -0.05) is 0 Å². The summed E-state index contributed by atoms with van der Waals surface area (Å²) in [6.45, 7) is 10.4. The molecule has 0 aromatic carbocycles. The molecule has 0 N–H and O–H groups in total. The van der Waals surface area contributed by atoms with Gasteiger partial charge in [0.25, 0.3) is 0 Å². The van der Waals surface area contributed by atoms with Gasteiger partial charge in [0.15, 0.2) is 0 Å². The average molecular weight is 483 g/mol. The van der Waals surface area contributed by atoms with E-state index in [1.54, 1.807) is 0 Å². The van der Waals surface area contributed by atoms with Crippen molar-refractivity contribution in [1.29, 1.82) is 0 Å². The van der Waals surface area contributed by atoms with E-state index in [2.05, 4.69) is 0 Å². The second kappa shape index (κ2) is 9.87. The van der Waals surface area contributed by atoms with E-state index >= 15 is 0 Å². The van der Waals surface area contributed by atoms with E-state index < -0.39 is 33.9 Å². The third kappa shape index (κ3) is 7.74. The Morgan fingerprint density at radius 3 is 0.929 bits per heavy atom. The zero-order valence-corrected chi connectivity index (χ0v) is 22.7. The zero-order valence-electron chi connectivity index (χ0n) is 19.2. The Morgan fingerprint density at radius 2 is 0.750 bits per heavy atom. The number of hydrogen-bond donors (Lipinski definition) is 0. The molecule has 10 heteroatoms. The van der Waals surface area contributed by atoms with E-state index in [-0.39, 0.29) is 24.3 Å². The Labute approximate surface area is 174 Å². The molecule has 0 fully saturated rings. The molecule has 0 aliphatic rings. The Kier molecular flexibility index (Phi) is 10.1. The molecular weight excluding hydrogens is 438 g/mol. The normalized spacial score (nSPS) is 16.9. The fourth-order valence-corrected chi connectivity index (χ4v) is 15.6. The van der Waals surface area contributed by atoms with Gasteiger partial charge in [-0.3, -0.25) is 0 Å². The SMILES string of the molecule is CCP(C)(CC)(CC)OS(=O)(=O)CCCCS(=O)(=O)OP(C)(CC)(CC)CC. The predicted octanol–water partition coefficient (Wildman–Crippen LogP) is 4.78. The molecule has 6 nitrogen and oxygen atoms in total. The summed E-state index contributed by atoms with van der Waals surface area (Å²) in [6.07, 6.45) is 4.80. The molecule has 0 rings (SSSR count).